The first-order chi connectivity index (χ1) is 22.9. The molecule has 8 heteroatoms. The van der Waals surface area contributed by atoms with Gasteiger partial charge in [0.1, 0.15) is 16.7 Å². The lowest BCUT2D eigenvalue weighted by molar-refractivity contribution is -0.692. The van der Waals surface area contributed by atoms with Gasteiger partial charge in [-0.15, -0.1) is 0 Å². The van der Waals surface area contributed by atoms with Gasteiger partial charge in [0.25, 0.3) is 0 Å². The lowest BCUT2D eigenvalue weighted by Gasteiger charge is -2.10. The molecule has 1 saturated heterocycles. The zero-order valence-corrected chi connectivity index (χ0v) is 31.5. The Morgan fingerprint density at radius 1 is 0.809 bits per heavy atom. The summed E-state index contributed by atoms with van der Waals surface area (Å²) in [5.74, 6) is 0.779. The lowest BCUT2D eigenvalue weighted by Crippen LogP contribution is -2.29. The van der Waals surface area contributed by atoms with Crippen LogP contribution in [0.15, 0.2) is 46.2 Å². The third kappa shape index (κ3) is 22.9. The quantitative estimate of drug-likeness (QED) is 0.0529. The van der Waals surface area contributed by atoms with Gasteiger partial charge in [0, 0.05) is 19.6 Å². The molecule has 0 bridgehead atoms. The highest BCUT2D eigenvalue weighted by Crippen LogP contribution is 2.25. The molecule has 0 spiro atoms. The van der Waals surface area contributed by atoms with Gasteiger partial charge in [0.05, 0.1) is 23.0 Å². The third-order valence-electron chi connectivity index (χ3n) is 9.23. The van der Waals surface area contributed by atoms with Crippen molar-refractivity contribution in [1.29, 1.82) is 0 Å². The fraction of sp³-hybridized carbons (Fsp3) is 0.769. The first kappa shape index (κ1) is 41.8. The zero-order valence-electron chi connectivity index (χ0n) is 29.9. The zero-order chi connectivity index (χ0) is 33.8. The van der Waals surface area contributed by atoms with Crippen LogP contribution in [0.1, 0.15) is 154 Å². The largest absolute Gasteiger partial charge is 0.744 e. The van der Waals surface area contributed by atoms with Crippen LogP contribution in [0.2, 0.25) is 0 Å². The highest BCUT2D eigenvalue weighted by Gasteiger charge is 2.25. The van der Waals surface area contributed by atoms with E-state index in [0.717, 1.165) is 31.3 Å². The van der Waals surface area contributed by atoms with Gasteiger partial charge in [-0.1, -0.05) is 145 Å². The van der Waals surface area contributed by atoms with Gasteiger partial charge in [0.15, 0.2) is 6.20 Å². The SMILES string of the molecule is CCCCCCCCCCCCCCCCCC1COC(COCCCCCCC[n+]2ccsc2)C1.Cc1ccc(S(=O)(=O)[O-])cc1. The average molecular weight is 694 g/mol. The molecule has 47 heavy (non-hydrogen) atoms. The van der Waals surface area contributed by atoms with Crippen molar-refractivity contribution in [3.05, 3.63) is 46.9 Å². The Morgan fingerprint density at radius 2 is 1.36 bits per heavy atom. The van der Waals surface area contributed by atoms with Gasteiger partial charge in [-0.05, 0) is 50.7 Å². The van der Waals surface area contributed by atoms with E-state index in [0.29, 0.717) is 6.10 Å². The molecule has 2 heterocycles. The second-order valence-electron chi connectivity index (χ2n) is 13.7. The van der Waals surface area contributed by atoms with Crippen molar-refractivity contribution in [3.63, 3.8) is 0 Å². The van der Waals surface area contributed by atoms with Crippen molar-refractivity contribution in [3.8, 4) is 0 Å². The highest BCUT2D eigenvalue weighted by atomic mass is 32.2. The molecule has 1 aliphatic heterocycles. The standard InChI is InChI=1S/C32H60NO2S.C7H8O3S/c1-2-3-4-5-6-7-8-9-10-11-12-13-14-16-19-22-31-27-32(35-28-31)29-34-25-21-18-15-17-20-23-33-24-26-36-30-33;1-6-2-4-7(5-3-6)11(8,9)10/h24,26,30-32H,2-23,25,27-29H2,1H3;2-5H,1H3,(H,8,9,10)/q+1;/p-1. The molecule has 0 N–H and O–H groups in total. The van der Waals surface area contributed by atoms with Gasteiger partial charge in [0.2, 0.25) is 5.51 Å². The van der Waals surface area contributed by atoms with E-state index in [2.05, 4.69) is 28.6 Å². The minimum absolute atomic E-state index is 0.178. The smallest absolute Gasteiger partial charge is 0.224 e. The number of benzene rings is 1. The van der Waals surface area contributed by atoms with Crippen LogP contribution in [0.3, 0.4) is 0 Å². The predicted molar refractivity (Wildman–Crippen MR) is 195 cm³/mol. The van der Waals surface area contributed by atoms with E-state index in [-0.39, 0.29) is 4.90 Å². The van der Waals surface area contributed by atoms with Crippen molar-refractivity contribution in [1.82, 2.24) is 0 Å². The molecule has 1 aromatic heterocycles. The highest BCUT2D eigenvalue weighted by molar-refractivity contribution is 7.85. The number of aryl methyl sites for hydroxylation is 2. The molecule has 0 aliphatic carbocycles. The summed E-state index contributed by atoms with van der Waals surface area (Å²) in [6, 6.07) is 5.78. The molecule has 3 rings (SSSR count). The molecule has 6 nitrogen and oxygen atoms in total. The predicted octanol–water partition coefficient (Wildman–Crippen LogP) is 10.6. The fourth-order valence-electron chi connectivity index (χ4n) is 6.24. The van der Waals surface area contributed by atoms with Crippen LogP contribution in [-0.2, 0) is 26.1 Å². The van der Waals surface area contributed by atoms with E-state index >= 15 is 0 Å². The summed E-state index contributed by atoms with van der Waals surface area (Å²) in [5, 5.41) is 2.15. The van der Waals surface area contributed by atoms with Gasteiger partial charge < -0.3 is 14.0 Å². The molecule has 0 amide bonds. The van der Waals surface area contributed by atoms with Crippen LogP contribution in [0, 0.1) is 12.8 Å². The third-order valence-corrected chi connectivity index (χ3v) is 10.7. The molecule has 2 aromatic rings. The minimum Gasteiger partial charge on any atom is -0.744 e. The molecule has 1 aliphatic rings. The normalized spacial score (nSPS) is 16.3. The fourth-order valence-corrected chi connectivity index (χ4v) is 7.34. The van der Waals surface area contributed by atoms with Crippen LogP contribution < -0.4 is 4.57 Å². The number of aromatic nitrogens is 1. The van der Waals surface area contributed by atoms with Crippen molar-refractivity contribution < 1.29 is 27.0 Å². The summed E-state index contributed by atoms with van der Waals surface area (Å²) >= 11 is 1.78. The average Bonchev–Trinajstić information content (AvgIpc) is 3.75. The van der Waals surface area contributed by atoms with E-state index in [4.69, 9.17) is 9.47 Å². The Bertz CT molecular complexity index is 1080. The first-order valence-electron chi connectivity index (χ1n) is 19.0. The number of unbranched alkanes of at least 4 members (excludes halogenated alkanes) is 18. The van der Waals surface area contributed by atoms with Crippen molar-refractivity contribution in [2.24, 2.45) is 5.92 Å². The summed E-state index contributed by atoms with van der Waals surface area (Å²) < 4.78 is 45.4. The summed E-state index contributed by atoms with van der Waals surface area (Å²) in [7, 11) is -4.27. The number of hydrogen-bond donors (Lipinski definition) is 0. The van der Waals surface area contributed by atoms with E-state index in [1.54, 1.807) is 23.5 Å². The Hall–Kier alpha value is -1.32. The van der Waals surface area contributed by atoms with Crippen molar-refractivity contribution in [2.75, 3.05) is 19.8 Å². The number of nitrogens with zero attached hydrogens (tertiary/aromatic N) is 1. The number of thiazole rings is 1. The van der Waals surface area contributed by atoms with Gasteiger partial charge in [-0.25, -0.2) is 8.42 Å². The molecule has 1 aromatic carbocycles. The Morgan fingerprint density at radius 3 is 1.91 bits per heavy atom. The maximum atomic E-state index is 10.4. The number of hydrogen-bond acceptors (Lipinski definition) is 6. The van der Waals surface area contributed by atoms with E-state index in [1.807, 2.05) is 6.92 Å². The molecule has 0 radical (unpaired) electrons. The molecule has 270 valence electrons. The van der Waals surface area contributed by atoms with E-state index in [9.17, 15) is 13.0 Å². The topological polar surface area (TPSA) is 79.5 Å². The summed E-state index contributed by atoms with van der Waals surface area (Å²) in [6.45, 7) is 7.97. The number of rotatable bonds is 27. The van der Waals surface area contributed by atoms with Crippen LogP contribution in [0.4, 0.5) is 0 Å². The summed E-state index contributed by atoms with van der Waals surface area (Å²) in [4.78, 5) is -0.178. The van der Waals surface area contributed by atoms with Crippen LogP contribution in [0.25, 0.3) is 0 Å². The van der Waals surface area contributed by atoms with Crippen molar-refractivity contribution in [2.45, 2.75) is 173 Å². The van der Waals surface area contributed by atoms with Crippen LogP contribution in [-0.4, -0.2) is 38.9 Å². The lowest BCUT2D eigenvalue weighted by atomic mass is 9.97. The second kappa shape index (κ2) is 27.5. The maximum Gasteiger partial charge on any atom is 0.224 e. The van der Waals surface area contributed by atoms with Gasteiger partial charge in [-0.2, -0.15) is 4.57 Å². The first-order valence-corrected chi connectivity index (χ1v) is 21.4. The molecule has 1 fully saturated rings. The minimum atomic E-state index is -4.27. The second-order valence-corrected chi connectivity index (χ2v) is 15.8. The molecular weight excluding hydrogens is 627 g/mol. The van der Waals surface area contributed by atoms with Crippen LogP contribution >= 0.6 is 11.3 Å². The van der Waals surface area contributed by atoms with E-state index in [1.165, 1.54) is 160 Å². The Balaban J connectivity index is 0.000000587. The van der Waals surface area contributed by atoms with Crippen molar-refractivity contribution >= 4 is 21.5 Å². The maximum absolute atomic E-state index is 10.4. The summed E-state index contributed by atoms with van der Waals surface area (Å²) in [6.07, 6.45) is 33.2. The van der Waals surface area contributed by atoms with Gasteiger partial charge in [-0.3, -0.25) is 0 Å². The number of ether oxygens (including phenoxy) is 2. The van der Waals surface area contributed by atoms with E-state index < -0.39 is 10.1 Å². The molecule has 2 atom stereocenters. The summed E-state index contributed by atoms with van der Waals surface area (Å²) in [5.41, 5.74) is 3.13. The molecule has 0 saturated carbocycles. The molecule has 2 unspecified atom stereocenters. The molecular formula is C39H67NO5S2. The Labute approximate surface area is 292 Å². The monoisotopic (exact) mass is 693 g/mol. The Kier molecular flexibility index (Phi) is 24.5. The van der Waals surface area contributed by atoms with Gasteiger partial charge >= 0.3 is 0 Å². The van der Waals surface area contributed by atoms with Crippen LogP contribution in [0.5, 0.6) is 0 Å².